The molecule has 0 saturated carbocycles. The van der Waals surface area contributed by atoms with Crippen molar-refractivity contribution in [3.8, 4) is 5.75 Å². The van der Waals surface area contributed by atoms with E-state index in [1.165, 1.54) is 23.8 Å². The number of ketones is 1. The summed E-state index contributed by atoms with van der Waals surface area (Å²) in [4.78, 5) is 12.0. The molecule has 0 bridgehead atoms. The van der Waals surface area contributed by atoms with E-state index in [2.05, 4.69) is 41.5 Å². The number of hydrogen-bond donors (Lipinski definition) is 1. The highest BCUT2D eigenvalue weighted by Gasteiger charge is 2.30. The second-order valence-corrected chi connectivity index (χ2v) is 11.3. The van der Waals surface area contributed by atoms with E-state index in [0.717, 1.165) is 6.42 Å². The normalized spacial score (nSPS) is 13.7. The molecular weight excluding hydrogens is 400 g/mol. The fourth-order valence-electron chi connectivity index (χ4n) is 3.48. The van der Waals surface area contributed by atoms with Crippen LogP contribution in [0.2, 0.25) is 0 Å². The van der Waals surface area contributed by atoms with Gasteiger partial charge in [0.25, 0.3) is 10.1 Å². The van der Waals surface area contributed by atoms with Crippen molar-refractivity contribution in [3.63, 3.8) is 0 Å². The molecule has 1 atom stereocenters. The molecule has 0 fully saturated rings. The minimum absolute atomic E-state index is 0.0883. The van der Waals surface area contributed by atoms with Crippen LogP contribution in [0.25, 0.3) is 0 Å². The minimum atomic E-state index is -4.48. The summed E-state index contributed by atoms with van der Waals surface area (Å²) in [6.45, 7) is 13.1. The molecule has 0 aromatic heterocycles. The average molecular weight is 433 g/mol. The van der Waals surface area contributed by atoms with Gasteiger partial charge in [-0.2, -0.15) is 8.42 Å². The Morgan fingerprint density at radius 1 is 0.967 bits per heavy atom. The van der Waals surface area contributed by atoms with E-state index in [9.17, 15) is 17.8 Å². The van der Waals surface area contributed by atoms with Crippen LogP contribution in [0.3, 0.4) is 0 Å². The fraction of sp³-hybridized carbons (Fsp3) is 0.458. The molecule has 2 rings (SSSR count). The Labute approximate surface area is 180 Å². The van der Waals surface area contributed by atoms with Gasteiger partial charge in [-0.15, -0.1) is 0 Å². The van der Waals surface area contributed by atoms with Crippen LogP contribution in [0, 0.1) is 10.8 Å². The topological polar surface area (TPSA) is 80.7 Å². The Morgan fingerprint density at radius 3 is 2.03 bits per heavy atom. The molecule has 2 aromatic rings. The molecule has 5 nitrogen and oxygen atoms in total. The largest absolute Gasteiger partial charge is 0.485 e. The van der Waals surface area contributed by atoms with Crippen LogP contribution in [-0.4, -0.2) is 25.4 Å². The predicted octanol–water partition coefficient (Wildman–Crippen LogP) is 5.76. The van der Waals surface area contributed by atoms with E-state index < -0.39 is 20.8 Å². The first-order chi connectivity index (χ1) is 13.7. The van der Waals surface area contributed by atoms with Gasteiger partial charge in [0.05, 0.1) is 0 Å². The summed E-state index contributed by atoms with van der Waals surface area (Å²) < 4.78 is 37.8. The van der Waals surface area contributed by atoms with Crippen molar-refractivity contribution in [1.29, 1.82) is 0 Å². The Morgan fingerprint density at radius 2 is 1.53 bits per heavy atom. The highest BCUT2D eigenvalue weighted by Crippen LogP contribution is 2.43. The van der Waals surface area contributed by atoms with Crippen molar-refractivity contribution in [2.24, 2.45) is 10.8 Å². The van der Waals surface area contributed by atoms with Crippen molar-refractivity contribution in [3.05, 3.63) is 59.7 Å². The van der Waals surface area contributed by atoms with Gasteiger partial charge < -0.3 is 4.74 Å². The average Bonchev–Trinajstić information content (AvgIpc) is 2.62. The minimum Gasteiger partial charge on any atom is -0.485 e. The highest BCUT2D eigenvalue weighted by atomic mass is 32.2. The lowest BCUT2D eigenvalue weighted by Gasteiger charge is -2.36. The zero-order chi connectivity index (χ0) is 22.7. The van der Waals surface area contributed by atoms with Crippen LogP contribution in [0.4, 0.5) is 0 Å². The number of carbonyl (C=O) groups is 1. The first-order valence-electron chi connectivity index (χ1n) is 10.0. The molecule has 0 aliphatic rings. The van der Waals surface area contributed by atoms with E-state index in [1.807, 2.05) is 24.3 Å². The number of carbonyl (C=O) groups excluding carboxylic acids is 1. The Kier molecular flexibility index (Phi) is 7.15. The molecule has 0 aliphatic heterocycles. The fourth-order valence-corrected chi connectivity index (χ4v) is 4.19. The van der Waals surface area contributed by atoms with E-state index in [4.69, 9.17) is 4.74 Å². The summed E-state index contributed by atoms with van der Waals surface area (Å²) >= 11 is 0. The number of benzene rings is 2. The maximum atomic E-state index is 12.4. The van der Waals surface area contributed by atoms with Crippen LogP contribution in [0.1, 0.15) is 69.8 Å². The molecule has 0 heterocycles. The van der Waals surface area contributed by atoms with E-state index in [-0.39, 0.29) is 23.0 Å². The van der Waals surface area contributed by atoms with Gasteiger partial charge in [0.1, 0.15) is 10.6 Å². The first kappa shape index (κ1) is 24.1. The maximum Gasteiger partial charge on any atom is 0.295 e. The molecule has 0 amide bonds. The molecule has 0 aliphatic carbocycles. The second-order valence-electron chi connectivity index (χ2n) is 9.94. The number of hydrogen-bond acceptors (Lipinski definition) is 4. The Hall–Kier alpha value is -2.18. The van der Waals surface area contributed by atoms with Gasteiger partial charge in [0.2, 0.25) is 5.78 Å². The summed E-state index contributed by atoms with van der Waals surface area (Å²) in [6, 6.07) is 13.2. The summed E-state index contributed by atoms with van der Waals surface area (Å²) in [5, 5.41) is 0. The summed E-state index contributed by atoms with van der Waals surface area (Å²) in [6.07, 6.45) is 1.04. The molecule has 1 N–H and O–H groups in total. The summed E-state index contributed by atoms with van der Waals surface area (Å²) in [5.74, 6) is 0.377. The van der Waals surface area contributed by atoms with Crippen LogP contribution in [0.15, 0.2) is 53.4 Å². The lowest BCUT2D eigenvalue weighted by atomic mass is 9.69. The quantitative estimate of drug-likeness (QED) is 0.444. The molecule has 0 spiro atoms. The Bertz CT molecular complexity index is 977. The van der Waals surface area contributed by atoms with E-state index in [1.54, 1.807) is 6.07 Å². The third-order valence-corrected chi connectivity index (χ3v) is 5.89. The van der Waals surface area contributed by atoms with Crippen LogP contribution in [0.5, 0.6) is 5.75 Å². The molecule has 6 heteroatoms. The number of rotatable bonds is 7. The molecule has 0 radical (unpaired) electrons. The standard InChI is InChI=1S/C24H32O5S/c1-23(2,3)15-20(24(4,5)6)17-11-13-18(14-12-17)29-16-21(25)19-9-7-8-10-22(19)30(26,27)28/h7-14,20H,15-16H2,1-6H3,(H,26,27,28). The monoisotopic (exact) mass is 432 g/mol. The van der Waals surface area contributed by atoms with Gasteiger partial charge in [0.15, 0.2) is 6.61 Å². The highest BCUT2D eigenvalue weighted by molar-refractivity contribution is 7.86. The van der Waals surface area contributed by atoms with Crippen LogP contribution in [-0.2, 0) is 10.1 Å². The maximum absolute atomic E-state index is 12.4. The SMILES string of the molecule is CC(C)(C)CC(c1ccc(OCC(=O)c2ccccc2S(=O)(=O)O)cc1)C(C)(C)C. The molecule has 164 valence electrons. The number of Topliss-reactive ketones (excluding diaryl/α,β-unsaturated/α-hetero) is 1. The molecule has 2 aromatic carbocycles. The van der Waals surface area contributed by atoms with Crippen molar-refractivity contribution in [2.75, 3.05) is 6.61 Å². The van der Waals surface area contributed by atoms with Crippen molar-refractivity contribution in [2.45, 2.75) is 58.8 Å². The van der Waals surface area contributed by atoms with Gasteiger partial charge in [-0.3, -0.25) is 9.35 Å². The van der Waals surface area contributed by atoms with E-state index in [0.29, 0.717) is 11.7 Å². The van der Waals surface area contributed by atoms with E-state index >= 15 is 0 Å². The molecule has 30 heavy (non-hydrogen) atoms. The predicted molar refractivity (Wildman–Crippen MR) is 119 cm³/mol. The molecule has 0 saturated heterocycles. The van der Waals surface area contributed by atoms with Gasteiger partial charge in [-0.1, -0.05) is 65.8 Å². The second kappa shape index (κ2) is 8.90. The lowest BCUT2D eigenvalue weighted by Crippen LogP contribution is -2.23. The zero-order valence-electron chi connectivity index (χ0n) is 18.6. The van der Waals surface area contributed by atoms with Gasteiger partial charge in [-0.05, 0) is 53.0 Å². The smallest absolute Gasteiger partial charge is 0.295 e. The third-order valence-electron chi connectivity index (χ3n) is 4.98. The molecular formula is C24H32O5S. The van der Waals surface area contributed by atoms with Crippen molar-refractivity contribution >= 4 is 15.9 Å². The third kappa shape index (κ3) is 6.67. The van der Waals surface area contributed by atoms with Gasteiger partial charge in [-0.25, -0.2) is 0 Å². The summed E-state index contributed by atoms with van der Waals surface area (Å²) in [5.41, 5.74) is 1.42. The van der Waals surface area contributed by atoms with Gasteiger partial charge in [0, 0.05) is 5.56 Å². The lowest BCUT2D eigenvalue weighted by molar-refractivity contribution is 0.0918. The first-order valence-corrected chi connectivity index (χ1v) is 11.4. The van der Waals surface area contributed by atoms with Crippen LogP contribution < -0.4 is 4.74 Å². The Balaban J connectivity index is 2.14. The molecule has 1 unspecified atom stereocenters. The zero-order valence-corrected chi connectivity index (χ0v) is 19.4. The number of ether oxygens (including phenoxy) is 1. The van der Waals surface area contributed by atoms with Crippen molar-refractivity contribution < 1.29 is 22.5 Å². The van der Waals surface area contributed by atoms with Gasteiger partial charge >= 0.3 is 0 Å². The summed E-state index contributed by atoms with van der Waals surface area (Å²) in [7, 11) is -4.48. The van der Waals surface area contributed by atoms with Crippen LogP contribution >= 0.6 is 0 Å². The van der Waals surface area contributed by atoms with Crippen molar-refractivity contribution in [1.82, 2.24) is 0 Å².